The second-order valence-corrected chi connectivity index (χ2v) is 6.88. The zero-order valence-corrected chi connectivity index (χ0v) is 15.3. The van der Waals surface area contributed by atoms with Crippen molar-refractivity contribution >= 4 is 33.0 Å². The highest BCUT2D eigenvalue weighted by Crippen LogP contribution is 2.26. The minimum absolute atomic E-state index is 0.128. The first-order chi connectivity index (χ1) is 11.4. The van der Waals surface area contributed by atoms with Crippen molar-refractivity contribution < 1.29 is 18.9 Å². The van der Waals surface area contributed by atoms with E-state index in [-0.39, 0.29) is 12.2 Å². The standard InChI is InChI=1S/C15H15BrN2O5S/c1-22-13-4-3-10(15(8-13)23-2)9-17-24(21)14-6-11(16)5-12(7-14)18(19)20/h3-8,17H,9H2,1-2H3. The molecule has 9 heteroatoms. The Morgan fingerprint density at radius 2 is 1.96 bits per heavy atom. The third-order valence-electron chi connectivity index (χ3n) is 3.17. The Bertz CT molecular complexity index is 744. The summed E-state index contributed by atoms with van der Waals surface area (Å²) in [5.74, 6) is 1.25. The predicted octanol–water partition coefficient (Wildman–Crippen LogP) is 3.19. The number of hydrogen-bond donors (Lipinski definition) is 1. The van der Waals surface area contributed by atoms with Crippen LogP contribution in [-0.2, 0) is 17.9 Å². The molecule has 0 fully saturated rings. The number of hydrogen-bond acceptors (Lipinski definition) is 6. The largest absolute Gasteiger partial charge is 0.593 e. The van der Waals surface area contributed by atoms with Crippen LogP contribution in [0.25, 0.3) is 0 Å². The molecule has 2 rings (SSSR count). The van der Waals surface area contributed by atoms with Crippen molar-refractivity contribution in [1.82, 2.24) is 4.72 Å². The monoisotopic (exact) mass is 414 g/mol. The maximum atomic E-state index is 12.4. The quantitative estimate of drug-likeness (QED) is 0.424. The molecule has 0 heterocycles. The van der Waals surface area contributed by atoms with Crippen LogP contribution >= 0.6 is 15.9 Å². The number of ether oxygens (including phenoxy) is 2. The molecule has 0 aliphatic carbocycles. The highest BCUT2D eigenvalue weighted by molar-refractivity contribution is 9.10. The van der Waals surface area contributed by atoms with Gasteiger partial charge in [0.15, 0.2) is 4.90 Å². The number of nitro groups is 1. The summed E-state index contributed by atoms with van der Waals surface area (Å²) < 4.78 is 26.1. The third-order valence-corrected chi connectivity index (χ3v) is 4.70. The zero-order valence-electron chi connectivity index (χ0n) is 12.9. The van der Waals surface area contributed by atoms with Gasteiger partial charge in [-0.2, -0.15) is 0 Å². The van der Waals surface area contributed by atoms with Gasteiger partial charge in [-0.1, -0.05) is 22.0 Å². The van der Waals surface area contributed by atoms with Crippen LogP contribution in [0.2, 0.25) is 0 Å². The van der Waals surface area contributed by atoms with Crippen LogP contribution in [0.3, 0.4) is 0 Å². The predicted molar refractivity (Wildman–Crippen MR) is 93.6 cm³/mol. The number of nitrogens with zero attached hydrogens (tertiary/aromatic N) is 1. The summed E-state index contributed by atoms with van der Waals surface area (Å²) >= 11 is 1.57. The molecule has 2 aromatic rings. The van der Waals surface area contributed by atoms with Crippen molar-refractivity contribution in [2.75, 3.05) is 14.2 Å². The molecule has 0 aromatic heterocycles. The molecule has 7 nitrogen and oxygen atoms in total. The van der Waals surface area contributed by atoms with Crippen LogP contribution < -0.4 is 14.2 Å². The second kappa shape index (κ2) is 8.34. The molecule has 24 heavy (non-hydrogen) atoms. The van der Waals surface area contributed by atoms with E-state index in [0.717, 1.165) is 5.56 Å². The molecule has 0 bridgehead atoms. The molecule has 1 N–H and O–H groups in total. The van der Waals surface area contributed by atoms with Crippen LogP contribution in [0.1, 0.15) is 5.56 Å². The van der Waals surface area contributed by atoms with Crippen molar-refractivity contribution in [3.8, 4) is 11.5 Å². The number of halogens is 1. The second-order valence-electron chi connectivity index (χ2n) is 4.67. The number of nitrogens with one attached hydrogen (secondary N) is 1. The fourth-order valence-electron chi connectivity index (χ4n) is 1.98. The Hall–Kier alpha value is -1.81. The van der Waals surface area contributed by atoms with E-state index in [1.54, 1.807) is 31.4 Å². The number of benzene rings is 2. The van der Waals surface area contributed by atoms with E-state index >= 15 is 0 Å². The maximum Gasteiger partial charge on any atom is 0.275 e. The lowest BCUT2D eigenvalue weighted by Crippen LogP contribution is -2.23. The third kappa shape index (κ3) is 4.60. The molecule has 1 unspecified atom stereocenters. The molecule has 0 radical (unpaired) electrons. The van der Waals surface area contributed by atoms with Crippen molar-refractivity contribution in [3.63, 3.8) is 0 Å². The fourth-order valence-corrected chi connectivity index (χ4v) is 3.53. The van der Waals surface area contributed by atoms with Crippen LogP contribution in [0.5, 0.6) is 11.5 Å². The van der Waals surface area contributed by atoms with Crippen molar-refractivity contribution in [1.29, 1.82) is 0 Å². The van der Waals surface area contributed by atoms with Gasteiger partial charge in [0.25, 0.3) is 5.69 Å². The van der Waals surface area contributed by atoms with Gasteiger partial charge in [-0.25, -0.2) is 0 Å². The number of nitro benzene ring substituents is 1. The number of non-ortho nitro benzene ring substituents is 1. The molecule has 128 valence electrons. The van der Waals surface area contributed by atoms with E-state index in [4.69, 9.17) is 9.47 Å². The molecule has 0 aliphatic rings. The molecule has 2 aromatic carbocycles. The highest BCUT2D eigenvalue weighted by atomic mass is 79.9. The smallest absolute Gasteiger partial charge is 0.275 e. The molecular formula is C15H15BrN2O5S. The molecule has 0 amide bonds. The molecular weight excluding hydrogens is 400 g/mol. The van der Waals surface area contributed by atoms with Gasteiger partial charge in [0.1, 0.15) is 11.5 Å². The van der Waals surface area contributed by atoms with E-state index in [1.165, 1.54) is 19.2 Å². The van der Waals surface area contributed by atoms with Gasteiger partial charge in [-0.3, -0.25) is 10.1 Å². The van der Waals surface area contributed by atoms with Gasteiger partial charge in [-0.05, 0) is 6.07 Å². The summed E-state index contributed by atoms with van der Waals surface area (Å²) in [5.41, 5.74) is 0.660. The lowest BCUT2D eigenvalue weighted by atomic mass is 10.2. The van der Waals surface area contributed by atoms with Crippen molar-refractivity contribution in [3.05, 3.63) is 56.5 Å². The normalized spacial score (nSPS) is 11.8. The average Bonchev–Trinajstić information content (AvgIpc) is 2.58. The molecule has 0 aliphatic heterocycles. The van der Waals surface area contributed by atoms with Gasteiger partial charge in [-0.15, -0.1) is 4.72 Å². The lowest BCUT2D eigenvalue weighted by molar-refractivity contribution is -0.385. The van der Waals surface area contributed by atoms with Crippen LogP contribution in [0.4, 0.5) is 5.69 Å². The summed E-state index contributed by atoms with van der Waals surface area (Å²) in [6.07, 6.45) is 0. The summed E-state index contributed by atoms with van der Waals surface area (Å²) in [5, 5.41) is 10.9. The molecule has 0 saturated heterocycles. The SMILES string of the molecule is COc1ccc(CN[S+]([O-])c2cc(Br)cc([N+](=O)[O-])c2)c(OC)c1. The first kappa shape index (κ1) is 18.5. The van der Waals surface area contributed by atoms with Crippen LogP contribution in [0.15, 0.2) is 45.8 Å². The topological polar surface area (TPSA) is 96.7 Å². The lowest BCUT2D eigenvalue weighted by Gasteiger charge is -2.13. The Kier molecular flexibility index (Phi) is 6.44. The average molecular weight is 415 g/mol. The number of rotatable bonds is 7. The Morgan fingerprint density at radius 3 is 2.58 bits per heavy atom. The fraction of sp³-hybridized carbons (Fsp3) is 0.200. The van der Waals surface area contributed by atoms with Crippen molar-refractivity contribution in [2.45, 2.75) is 11.4 Å². The Balaban J connectivity index is 2.13. The highest BCUT2D eigenvalue weighted by Gasteiger charge is 2.18. The first-order valence-corrected chi connectivity index (χ1v) is 8.70. The molecule has 1 atom stereocenters. The van der Waals surface area contributed by atoms with Gasteiger partial charge >= 0.3 is 0 Å². The minimum atomic E-state index is -1.61. The van der Waals surface area contributed by atoms with Crippen LogP contribution in [-0.4, -0.2) is 23.7 Å². The summed E-state index contributed by atoms with van der Waals surface area (Å²) in [6.45, 7) is 0.264. The van der Waals surface area contributed by atoms with Gasteiger partial charge in [0.05, 0.1) is 43.1 Å². The van der Waals surface area contributed by atoms with E-state index in [1.807, 2.05) is 0 Å². The summed E-state index contributed by atoms with van der Waals surface area (Å²) in [4.78, 5) is 10.7. The van der Waals surface area contributed by atoms with Gasteiger partial charge in [0.2, 0.25) is 0 Å². The first-order valence-electron chi connectivity index (χ1n) is 6.75. The maximum absolute atomic E-state index is 12.4. The Morgan fingerprint density at radius 1 is 1.21 bits per heavy atom. The van der Waals surface area contributed by atoms with Crippen LogP contribution in [0, 0.1) is 10.1 Å². The molecule has 0 saturated carbocycles. The van der Waals surface area contributed by atoms with Crippen molar-refractivity contribution in [2.24, 2.45) is 0 Å². The van der Waals surface area contributed by atoms with Gasteiger partial charge in [0, 0.05) is 28.2 Å². The minimum Gasteiger partial charge on any atom is -0.593 e. The van der Waals surface area contributed by atoms with Gasteiger partial charge < -0.3 is 14.0 Å². The molecule has 0 spiro atoms. The summed E-state index contributed by atoms with van der Waals surface area (Å²) in [7, 11) is 3.09. The van der Waals surface area contributed by atoms with E-state index in [2.05, 4.69) is 20.7 Å². The number of methoxy groups -OCH3 is 2. The van der Waals surface area contributed by atoms with E-state index in [0.29, 0.717) is 20.9 Å². The zero-order chi connectivity index (χ0) is 17.7. The Labute approximate surface area is 150 Å². The summed E-state index contributed by atoms with van der Waals surface area (Å²) in [6, 6.07) is 9.50. The van der Waals surface area contributed by atoms with E-state index < -0.39 is 16.3 Å². The van der Waals surface area contributed by atoms with E-state index in [9.17, 15) is 14.7 Å².